The van der Waals surface area contributed by atoms with Crippen LogP contribution in [0.4, 0.5) is 5.69 Å². The average Bonchev–Trinajstić information content (AvgIpc) is 2.85. The second-order valence-electron chi connectivity index (χ2n) is 7.51. The zero-order chi connectivity index (χ0) is 24.1. The van der Waals surface area contributed by atoms with Crippen LogP contribution in [0, 0.1) is 0 Å². The molecule has 34 heavy (non-hydrogen) atoms. The molecule has 0 saturated carbocycles. The number of ether oxygens (including phenoxy) is 2. The SMILES string of the molecule is CCOc1ccc(Oc2ccc(NC(=O)Cn3c(=O)n(CC)c(=O)c4ccccc43)cc2)cc1. The Kier molecular flexibility index (Phi) is 6.77. The van der Waals surface area contributed by atoms with E-state index in [0.717, 1.165) is 10.3 Å². The van der Waals surface area contributed by atoms with Crippen molar-refractivity contribution in [2.45, 2.75) is 26.9 Å². The van der Waals surface area contributed by atoms with Gasteiger partial charge in [0, 0.05) is 12.2 Å². The molecule has 1 amide bonds. The Morgan fingerprint density at radius 3 is 2.09 bits per heavy atom. The first-order chi connectivity index (χ1) is 16.5. The molecule has 4 aromatic rings. The fourth-order valence-corrected chi connectivity index (χ4v) is 3.66. The first-order valence-electron chi connectivity index (χ1n) is 11.0. The van der Waals surface area contributed by atoms with Crippen LogP contribution >= 0.6 is 0 Å². The van der Waals surface area contributed by atoms with Gasteiger partial charge in [0.1, 0.15) is 23.8 Å². The standard InChI is InChI=1S/C26H25N3O5/c1-3-28-25(31)22-7-5-6-8-23(22)29(26(28)32)17-24(30)27-18-9-11-20(12-10-18)34-21-15-13-19(14-16-21)33-4-2/h5-16H,3-4,17H2,1-2H3,(H,27,30). The molecule has 0 aliphatic rings. The molecule has 0 fully saturated rings. The minimum Gasteiger partial charge on any atom is -0.494 e. The number of aromatic nitrogens is 2. The number of amides is 1. The highest BCUT2D eigenvalue weighted by Crippen LogP contribution is 2.25. The molecule has 1 heterocycles. The highest BCUT2D eigenvalue weighted by atomic mass is 16.5. The summed E-state index contributed by atoms with van der Waals surface area (Å²) in [5.74, 6) is 1.67. The Hall–Kier alpha value is -4.33. The molecule has 0 unspecified atom stereocenters. The van der Waals surface area contributed by atoms with Gasteiger partial charge in [0.2, 0.25) is 5.91 Å². The lowest BCUT2D eigenvalue weighted by atomic mass is 10.2. The summed E-state index contributed by atoms with van der Waals surface area (Å²) in [7, 11) is 0. The van der Waals surface area contributed by atoms with Crippen molar-refractivity contribution in [2.75, 3.05) is 11.9 Å². The number of nitrogens with one attached hydrogen (secondary N) is 1. The Labute approximate surface area is 196 Å². The summed E-state index contributed by atoms with van der Waals surface area (Å²) in [6.07, 6.45) is 0. The van der Waals surface area contributed by atoms with Crippen LogP contribution in [0.3, 0.4) is 0 Å². The van der Waals surface area contributed by atoms with Crippen LogP contribution in [0.5, 0.6) is 17.2 Å². The number of rotatable bonds is 8. The van der Waals surface area contributed by atoms with Crippen LogP contribution < -0.4 is 26.0 Å². The predicted molar refractivity (Wildman–Crippen MR) is 131 cm³/mol. The number of carbonyl (C=O) groups is 1. The number of hydrogen-bond acceptors (Lipinski definition) is 5. The number of benzene rings is 3. The van der Waals surface area contributed by atoms with Gasteiger partial charge in [-0.3, -0.25) is 18.7 Å². The van der Waals surface area contributed by atoms with Gasteiger partial charge in [-0.2, -0.15) is 0 Å². The molecular weight excluding hydrogens is 434 g/mol. The van der Waals surface area contributed by atoms with Crippen LogP contribution in [0.15, 0.2) is 82.4 Å². The van der Waals surface area contributed by atoms with Crippen molar-refractivity contribution in [3.05, 3.63) is 93.6 Å². The molecule has 0 aliphatic heterocycles. The predicted octanol–water partition coefficient (Wildman–Crippen LogP) is 4.01. The molecule has 0 bridgehead atoms. The minimum absolute atomic E-state index is 0.218. The van der Waals surface area contributed by atoms with Gasteiger partial charge in [-0.15, -0.1) is 0 Å². The summed E-state index contributed by atoms with van der Waals surface area (Å²) in [4.78, 5) is 38.1. The monoisotopic (exact) mass is 459 g/mol. The molecule has 3 aromatic carbocycles. The third-order valence-corrected chi connectivity index (χ3v) is 5.26. The summed E-state index contributed by atoms with van der Waals surface area (Å²) >= 11 is 0. The first kappa shape index (κ1) is 22.8. The van der Waals surface area contributed by atoms with E-state index in [0.29, 0.717) is 34.7 Å². The molecule has 8 nitrogen and oxygen atoms in total. The van der Waals surface area contributed by atoms with Crippen molar-refractivity contribution in [1.82, 2.24) is 9.13 Å². The van der Waals surface area contributed by atoms with Gasteiger partial charge in [-0.25, -0.2) is 4.79 Å². The molecule has 0 saturated heterocycles. The van der Waals surface area contributed by atoms with Crippen LogP contribution in [0.1, 0.15) is 13.8 Å². The fraction of sp³-hybridized carbons (Fsp3) is 0.192. The smallest absolute Gasteiger partial charge is 0.331 e. The Morgan fingerprint density at radius 2 is 1.44 bits per heavy atom. The van der Waals surface area contributed by atoms with Crippen LogP contribution in [0.2, 0.25) is 0 Å². The van der Waals surface area contributed by atoms with Crippen molar-refractivity contribution in [3.63, 3.8) is 0 Å². The summed E-state index contributed by atoms with van der Waals surface area (Å²) in [5, 5.41) is 3.18. The fourth-order valence-electron chi connectivity index (χ4n) is 3.66. The average molecular weight is 460 g/mol. The summed E-state index contributed by atoms with van der Waals surface area (Å²) < 4.78 is 13.7. The third-order valence-electron chi connectivity index (χ3n) is 5.26. The number of anilines is 1. The summed E-state index contributed by atoms with van der Waals surface area (Å²) in [6, 6.07) is 21.0. The van der Waals surface area contributed by atoms with E-state index in [-0.39, 0.29) is 24.6 Å². The molecule has 0 atom stereocenters. The lowest BCUT2D eigenvalue weighted by molar-refractivity contribution is -0.116. The number of carbonyl (C=O) groups excluding carboxylic acids is 1. The van der Waals surface area contributed by atoms with E-state index >= 15 is 0 Å². The molecular formula is C26H25N3O5. The molecule has 1 N–H and O–H groups in total. The van der Waals surface area contributed by atoms with Gasteiger partial charge in [-0.05, 0) is 74.5 Å². The third kappa shape index (κ3) is 4.85. The van der Waals surface area contributed by atoms with E-state index in [1.807, 2.05) is 31.2 Å². The van der Waals surface area contributed by atoms with Gasteiger partial charge >= 0.3 is 5.69 Å². The Balaban J connectivity index is 1.47. The van der Waals surface area contributed by atoms with E-state index in [2.05, 4.69) is 5.32 Å². The van der Waals surface area contributed by atoms with Crippen molar-refractivity contribution in [1.29, 1.82) is 0 Å². The molecule has 0 spiro atoms. The summed E-state index contributed by atoms with van der Waals surface area (Å²) in [6.45, 7) is 4.25. The maximum Gasteiger partial charge on any atom is 0.331 e. The van der Waals surface area contributed by atoms with Crippen LogP contribution in [-0.4, -0.2) is 21.6 Å². The highest BCUT2D eigenvalue weighted by Gasteiger charge is 2.14. The Bertz CT molecular complexity index is 1420. The molecule has 0 radical (unpaired) electrons. The van der Waals surface area contributed by atoms with Crippen LogP contribution in [0.25, 0.3) is 10.9 Å². The molecule has 4 rings (SSSR count). The van der Waals surface area contributed by atoms with Crippen molar-refractivity contribution < 1.29 is 14.3 Å². The summed E-state index contributed by atoms with van der Waals surface area (Å²) in [5.41, 5.74) is 0.116. The second-order valence-corrected chi connectivity index (χ2v) is 7.51. The lowest BCUT2D eigenvalue weighted by Gasteiger charge is -2.13. The van der Waals surface area contributed by atoms with E-state index in [4.69, 9.17) is 9.47 Å². The quantitative estimate of drug-likeness (QED) is 0.430. The van der Waals surface area contributed by atoms with Gasteiger partial charge in [0.15, 0.2) is 0 Å². The van der Waals surface area contributed by atoms with Gasteiger partial charge in [-0.1, -0.05) is 12.1 Å². The van der Waals surface area contributed by atoms with Crippen LogP contribution in [-0.2, 0) is 17.9 Å². The molecule has 0 aliphatic carbocycles. The van der Waals surface area contributed by atoms with Crippen molar-refractivity contribution in [3.8, 4) is 17.2 Å². The maximum atomic E-state index is 12.8. The van der Waals surface area contributed by atoms with Crippen molar-refractivity contribution >= 4 is 22.5 Å². The maximum absolute atomic E-state index is 12.8. The second kappa shape index (κ2) is 10.1. The van der Waals surface area contributed by atoms with E-state index < -0.39 is 5.69 Å². The van der Waals surface area contributed by atoms with E-state index in [1.54, 1.807) is 55.5 Å². The van der Waals surface area contributed by atoms with Gasteiger partial charge in [0.05, 0.1) is 17.5 Å². The minimum atomic E-state index is -0.513. The van der Waals surface area contributed by atoms with Gasteiger partial charge < -0.3 is 14.8 Å². The first-order valence-corrected chi connectivity index (χ1v) is 11.0. The van der Waals surface area contributed by atoms with E-state index in [1.165, 1.54) is 4.57 Å². The van der Waals surface area contributed by atoms with E-state index in [9.17, 15) is 14.4 Å². The number of hydrogen-bond donors (Lipinski definition) is 1. The zero-order valence-electron chi connectivity index (χ0n) is 19.0. The lowest BCUT2D eigenvalue weighted by Crippen LogP contribution is -2.41. The number of nitrogens with zero attached hydrogens (tertiary/aromatic N) is 2. The zero-order valence-corrected chi connectivity index (χ0v) is 19.0. The van der Waals surface area contributed by atoms with Crippen molar-refractivity contribution in [2.24, 2.45) is 0 Å². The highest BCUT2D eigenvalue weighted by molar-refractivity contribution is 5.91. The molecule has 1 aromatic heterocycles. The largest absolute Gasteiger partial charge is 0.494 e. The molecule has 8 heteroatoms. The Morgan fingerprint density at radius 1 is 0.824 bits per heavy atom. The number of fused-ring (bicyclic) bond motifs is 1. The topological polar surface area (TPSA) is 91.6 Å². The van der Waals surface area contributed by atoms with Gasteiger partial charge in [0.25, 0.3) is 5.56 Å². The number of para-hydroxylation sites is 1. The molecule has 174 valence electrons. The normalized spacial score (nSPS) is 10.8.